The predicted molar refractivity (Wildman–Crippen MR) is 69.4 cm³/mol. The van der Waals surface area contributed by atoms with Crippen molar-refractivity contribution >= 4 is 0 Å². The Bertz CT molecular complexity index is 213. The molecule has 0 aliphatic heterocycles. The molecular weight excluding hydrogens is 196 g/mol. The van der Waals surface area contributed by atoms with E-state index in [0.29, 0.717) is 5.41 Å². The van der Waals surface area contributed by atoms with E-state index in [4.69, 9.17) is 5.73 Å². The maximum atomic E-state index is 6.36. The zero-order chi connectivity index (χ0) is 11.5. The van der Waals surface area contributed by atoms with Gasteiger partial charge in [0.1, 0.15) is 0 Å². The molecule has 2 saturated carbocycles. The van der Waals surface area contributed by atoms with Gasteiger partial charge in [-0.25, -0.2) is 0 Å². The Morgan fingerprint density at radius 1 is 0.875 bits per heavy atom. The molecule has 2 aliphatic rings. The van der Waals surface area contributed by atoms with Crippen molar-refractivity contribution in [3.05, 3.63) is 0 Å². The summed E-state index contributed by atoms with van der Waals surface area (Å²) in [5.74, 6) is 0. The summed E-state index contributed by atoms with van der Waals surface area (Å²) in [5.41, 5.74) is 7.02. The quantitative estimate of drug-likeness (QED) is 0.770. The van der Waals surface area contributed by atoms with Crippen LogP contribution in [0.3, 0.4) is 0 Å². The van der Waals surface area contributed by atoms with Crippen LogP contribution in [0.1, 0.15) is 64.7 Å². The topological polar surface area (TPSA) is 38.0 Å². The monoisotopic (exact) mass is 224 g/mol. The first-order valence-electron chi connectivity index (χ1n) is 7.12. The van der Waals surface area contributed by atoms with Gasteiger partial charge >= 0.3 is 0 Å². The highest BCUT2D eigenvalue weighted by Gasteiger charge is 2.31. The molecule has 0 aromatic rings. The van der Waals surface area contributed by atoms with E-state index in [9.17, 15) is 0 Å². The smallest absolute Gasteiger partial charge is 0.0280 e. The zero-order valence-electron chi connectivity index (χ0n) is 10.9. The van der Waals surface area contributed by atoms with E-state index in [1.807, 2.05) is 0 Å². The van der Waals surface area contributed by atoms with Crippen LogP contribution in [0.15, 0.2) is 0 Å². The minimum Gasteiger partial charge on any atom is -0.324 e. The number of hydrogen-bond acceptors (Lipinski definition) is 2. The van der Waals surface area contributed by atoms with E-state index in [1.54, 1.807) is 0 Å². The van der Waals surface area contributed by atoms with Gasteiger partial charge in [-0.2, -0.15) is 0 Å². The normalized spacial score (nSPS) is 28.1. The van der Waals surface area contributed by atoms with Gasteiger partial charge in [0.05, 0.1) is 0 Å². The maximum absolute atomic E-state index is 6.36. The second-order valence-corrected chi connectivity index (χ2v) is 6.54. The van der Waals surface area contributed by atoms with Gasteiger partial charge in [-0.15, -0.1) is 0 Å². The van der Waals surface area contributed by atoms with Crippen molar-refractivity contribution in [2.75, 3.05) is 13.1 Å². The summed E-state index contributed by atoms with van der Waals surface area (Å²) in [4.78, 5) is 0. The Kier molecular flexibility index (Phi) is 3.91. The van der Waals surface area contributed by atoms with Crippen molar-refractivity contribution in [3.8, 4) is 0 Å². The molecule has 0 bridgehead atoms. The Balaban J connectivity index is 1.70. The van der Waals surface area contributed by atoms with Crippen molar-refractivity contribution in [1.82, 2.24) is 5.32 Å². The minimum atomic E-state index is 0.116. The molecule has 2 nitrogen and oxygen atoms in total. The highest BCUT2D eigenvalue weighted by Crippen LogP contribution is 2.35. The molecule has 2 aliphatic carbocycles. The first-order valence-corrected chi connectivity index (χ1v) is 7.12. The highest BCUT2D eigenvalue weighted by atomic mass is 14.9. The van der Waals surface area contributed by atoms with Crippen LogP contribution in [-0.2, 0) is 0 Å². The number of nitrogens with two attached hydrogens (primary N) is 1. The van der Waals surface area contributed by atoms with Crippen molar-refractivity contribution in [3.63, 3.8) is 0 Å². The molecule has 0 atom stereocenters. The molecule has 0 aromatic carbocycles. The first-order chi connectivity index (χ1) is 7.62. The summed E-state index contributed by atoms with van der Waals surface area (Å²) in [5, 5.41) is 3.65. The Labute approximate surface area is 100 Å². The summed E-state index contributed by atoms with van der Waals surface area (Å²) in [7, 11) is 0. The Hall–Kier alpha value is -0.0800. The van der Waals surface area contributed by atoms with Crippen LogP contribution in [0.2, 0.25) is 0 Å². The van der Waals surface area contributed by atoms with Crippen LogP contribution in [0, 0.1) is 5.41 Å². The molecule has 0 saturated heterocycles. The van der Waals surface area contributed by atoms with Gasteiger partial charge in [0.15, 0.2) is 0 Å². The largest absolute Gasteiger partial charge is 0.324 e. The van der Waals surface area contributed by atoms with Gasteiger partial charge in [0, 0.05) is 18.6 Å². The lowest BCUT2D eigenvalue weighted by Gasteiger charge is -2.35. The van der Waals surface area contributed by atoms with Gasteiger partial charge in [0.2, 0.25) is 0 Å². The molecule has 0 radical (unpaired) electrons. The fourth-order valence-corrected chi connectivity index (χ4v) is 3.45. The van der Waals surface area contributed by atoms with E-state index in [2.05, 4.69) is 12.2 Å². The zero-order valence-corrected chi connectivity index (χ0v) is 10.9. The van der Waals surface area contributed by atoms with Crippen molar-refractivity contribution in [2.24, 2.45) is 11.1 Å². The molecule has 0 amide bonds. The van der Waals surface area contributed by atoms with E-state index in [1.165, 1.54) is 64.3 Å². The van der Waals surface area contributed by atoms with Crippen LogP contribution in [0.25, 0.3) is 0 Å². The minimum absolute atomic E-state index is 0.116. The standard InChI is InChI=1S/C14H28N2/c1-13(7-3-2-4-8-13)11-16-12-14(15)9-5-6-10-14/h16H,2-12,15H2,1H3. The number of hydrogen-bond donors (Lipinski definition) is 2. The summed E-state index contributed by atoms with van der Waals surface area (Å²) in [6, 6.07) is 0. The second kappa shape index (κ2) is 5.05. The number of rotatable bonds is 4. The summed E-state index contributed by atoms with van der Waals surface area (Å²) >= 11 is 0. The van der Waals surface area contributed by atoms with Crippen LogP contribution in [0.4, 0.5) is 0 Å². The van der Waals surface area contributed by atoms with Gasteiger partial charge < -0.3 is 11.1 Å². The summed E-state index contributed by atoms with van der Waals surface area (Å²) < 4.78 is 0. The molecule has 2 rings (SSSR count). The van der Waals surface area contributed by atoms with Gasteiger partial charge in [-0.3, -0.25) is 0 Å². The third-order valence-electron chi connectivity index (χ3n) is 4.69. The Morgan fingerprint density at radius 3 is 2.06 bits per heavy atom. The lowest BCUT2D eigenvalue weighted by molar-refractivity contribution is 0.202. The highest BCUT2D eigenvalue weighted by molar-refractivity contribution is 4.92. The average molecular weight is 224 g/mol. The van der Waals surface area contributed by atoms with Gasteiger partial charge in [-0.05, 0) is 31.1 Å². The van der Waals surface area contributed by atoms with Crippen LogP contribution >= 0.6 is 0 Å². The van der Waals surface area contributed by atoms with E-state index in [-0.39, 0.29) is 5.54 Å². The third-order valence-corrected chi connectivity index (χ3v) is 4.69. The van der Waals surface area contributed by atoms with Crippen molar-refractivity contribution in [2.45, 2.75) is 70.3 Å². The third kappa shape index (κ3) is 3.21. The van der Waals surface area contributed by atoms with Crippen LogP contribution in [0.5, 0.6) is 0 Å². The first kappa shape index (κ1) is 12.4. The predicted octanol–water partition coefficient (Wildman–Crippen LogP) is 2.82. The SMILES string of the molecule is CC1(CNCC2(N)CCCC2)CCCCC1. The molecule has 0 unspecified atom stereocenters. The molecule has 94 valence electrons. The van der Waals surface area contributed by atoms with Crippen LogP contribution in [-0.4, -0.2) is 18.6 Å². The van der Waals surface area contributed by atoms with E-state index in [0.717, 1.165) is 6.54 Å². The lowest BCUT2D eigenvalue weighted by atomic mass is 9.75. The molecule has 16 heavy (non-hydrogen) atoms. The van der Waals surface area contributed by atoms with E-state index >= 15 is 0 Å². The number of nitrogens with one attached hydrogen (secondary N) is 1. The molecule has 0 spiro atoms. The molecule has 2 fully saturated rings. The van der Waals surface area contributed by atoms with E-state index < -0.39 is 0 Å². The van der Waals surface area contributed by atoms with Crippen molar-refractivity contribution in [1.29, 1.82) is 0 Å². The van der Waals surface area contributed by atoms with Crippen LogP contribution < -0.4 is 11.1 Å². The Morgan fingerprint density at radius 2 is 1.44 bits per heavy atom. The maximum Gasteiger partial charge on any atom is 0.0280 e. The van der Waals surface area contributed by atoms with Crippen molar-refractivity contribution < 1.29 is 0 Å². The molecule has 0 aromatic heterocycles. The lowest BCUT2D eigenvalue weighted by Crippen LogP contribution is -2.48. The summed E-state index contributed by atoms with van der Waals surface area (Å²) in [6.07, 6.45) is 12.2. The molecule has 2 heteroatoms. The fraction of sp³-hybridized carbons (Fsp3) is 1.00. The fourth-order valence-electron chi connectivity index (χ4n) is 3.45. The molecular formula is C14H28N2. The average Bonchev–Trinajstić information content (AvgIpc) is 2.66. The second-order valence-electron chi connectivity index (χ2n) is 6.54. The molecule has 0 heterocycles. The van der Waals surface area contributed by atoms with Gasteiger partial charge in [-0.1, -0.05) is 39.0 Å². The van der Waals surface area contributed by atoms with Gasteiger partial charge in [0.25, 0.3) is 0 Å². The summed E-state index contributed by atoms with van der Waals surface area (Å²) in [6.45, 7) is 4.64. The molecule has 3 N–H and O–H groups in total.